The first-order chi connectivity index (χ1) is 22.8. The first-order valence-corrected chi connectivity index (χ1v) is 16.6. The van der Waals surface area contributed by atoms with Crippen molar-refractivity contribution >= 4 is 23.6 Å². The maximum atomic E-state index is 14.7. The SMILES string of the molecule is CC(C)OC(=O)N1CCN([C@H]2c3ccc(Cl)cc3CCc3cccnc32)C[C@@H]1C(=O)N(CCCn1ccnc1)Cc1ccc(F)cc1. The summed E-state index contributed by atoms with van der Waals surface area (Å²) in [7, 11) is 0. The van der Waals surface area contributed by atoms with E-state index in [-0.39, 0.29) is 37.0 Å². The summed E-state index contributed by atoms with van der Waals surface area (Å²) in [5.74, 6) is -0.521. The van der Waals surface area contributed by atoms with E-state index in [1.807, 2.05) is 35.2 Å². The summed E-state index contributed by atoms with van der Waals surface area (Å²) in [6.07, 6.45) is 8.66. The van der Waals surface area contributed by atoms with Gasteiger partial charge in [-0.05, 0) is 85.7 Å². The van der Waals surface area contributed by atoms with Crippen LogP contribution in [0.2, 0.25) is 5.02 Å². The molecule has 4 aromatic rings. The third-order valence-corrected chi connectivity index (χ3v) is 9.12. The van der Waals surface area contributed by atoms with Crippen LogP contribution in [0, 0.1) is 5.82 Å². The quantitative estimate of drug-likeness (QED) is 0.222. The smallest absolute Gasteiger partial charge is 0.410 e. The number of ether oxygens (including phenoxy) is 1. The lowest BCUT2D eigenvalue weighted by Gasteiger charge is -2.44. The van der Waals surface area contributed by atoms with Gasteiger partial charge in [0.25, 0.3) is 0 Å². The molecule has 2 atom stereocenters. The summed E-state index contributed by atoms with van der Waals surface area (Å²) < 4.78 is 21.4. The first kappa shape index (κ1) is 32.7. The fourth-order valence-corrected chi connectivity index (χ4v) is 6.84. The molecule has 1 aliphatic heterocycles. The van der Waals surface area contributed by atoms with E-state index < -0.39 is 12.1 Å². The van der Waals surface area contributed by atoms with Crippen LogP contribution in [-0.2, 0) is 35.5 Å². The highest BCUT2D eigenvalue weighted by Crippen LogP contribution is 2.38. The maximum Gasteiger partial charge on any atom is 0.410 e. The molecule has 2 amide bonds. The highest BCUT2D eigenvalue weighted by molar-refractivity contribution is 6.30. The monoisotopic (exact) mass is 658 g/mol. The summed E-state index contributed by atoms with van der Waals surface area (Å²) in [5, 5.41) is 0.683. The molecule has 0 radical (unpaired) electrons. The molecule has 0 unspecified atom stereocenters. The number of hydrogen-bond donors (Lipinski definition) is 0. The van der Waals surface area contributed by atoms with Crippen LogP contribution in [0.4, 0.5) is 9.18 Å². The van der Waals surface area contributed by atoms with Crippen LogP contribution in [0.3, 0.4) is 0 Å². The summed E-state index contributed by atoms with van der Waals surface area (Å²) >= 11 is 6.46. The zero-order chi connectivity index (χ0) is 32.9. The Balaban J connectivity index is 1.34. The Morgan fingerprint density at radius 1 is 1.06 bits per heavy atom. The van der Waals surface area contributed by atoms with Crippen molar-refractivity contribution in [1.82, 2.24) is 29.2 Å². The second-order valence-electron chi connectivity index (χ2n) is 12.5. The number of halogens is 2. The van der Waals surface area contributed by atoms with E-state index in [4.69, 9.17) is 21.3 Å². The van der Waals surface area contributed by atoms with Crippen LogP contribution in [0.5, 0.6) is 0 Å². The second kappa shape index (κ2) is 14.6. The largest absolute Gasteiger partial charge is 0.447 e. The molecule has 2 aliphatic rings. The van der Waals surface area contributed by atoms with E-state index in [0.717, 1.165) is 40.8 Å². The van der Waals surface area contributed by atoms with Crippen LogP contribution in [0.25, 0.3) is 0 Å². The fourth-order valence-electron chi connectivity index (χ4n) is 6.64. The molecule has 1 fully saturated rings. The van der Waals surface area contributed by atoms with Crippen LogP contribution >= 0.6 is 11.6 Å². The lowest BCUT2D eigenvalue weighted by Crippen LogP contribution is -2.62. The molecule has 246 valence electrons. The summed E-state index contributed by atoms with van der Waals surface area (Å²) in [5.41, 5.74) is 5.19. The molecule has 0 spiro atoms. The topological polar surface area (TPSA) is 83.8 Å². The predicted octanol–water partition coefficient (Wildman–Crippen LogP) is 5.91. The average Bonchev–Trinajstić information content (AvgIpc) is 3.53. The number of rotatable bonds is 9. The van der Waals surface area contributed by atoms with Gasteiger partial charge in [-0.15, -0.1) is 0 Å². The Bertz CT molecular complexity index is 1680. The molecule has 9 nitrogen and oxygen atoms in total. The highest BCUT2D eigenvalue weighted by atomic mass is 35.5. The van der Waals surface area contributed by atoms with Gasteiger partial charge in [-0.3, -0.25) is 19.6 Å². The molecule has 1 saturated heterocycles. The van der Waals surface area contributed by atoms with Crippen LogP contribution in [0.1, 0.15) is 54.3 Å². The van der Waals surface area contributed by atoms with E-state index >= 15 is 0 Å². The molecule has 47 heavy (non-hydrogen) atoms. The number of aryl methyl sites for hydroxylation is 3. The summed E-state index contributed by atoms with van der Waals surface area (Å²) in [6.45, 7) is 6.12. The van der Waals surface area contributed by atoms with Crippen molar-refractivity contribution in [2.45, 2.75) is 64.4 Å². The van der Waals surface area contributed by atoms with Gasteiger partial charge < -0.3 is 14.2 Å². The zero-order valence-corrected chi connectivity index (χ0v) is 27.5. The standard InChI is InChI=1S/C36H40ClFN6O3/c1-25(2)47-36(46)44-20-19-42(34-31-13-10-29(37)21-28(31)9-8-27-5-3-14-40-33(27)34)23-32(44)35(45)43(17-4-16-41-18-15-39-24-41)22-26-6-11-30(38)12-7-26/h3,5-7,10-15,18,21,24-25,32,34H,4,8-9,16-17,19-20,22-23H2,1-2H3/t32-,34+/m1/s1. The summed E-state index contributed by atoms with van der Waals surface area (Å²) in [6, 6.07) is 15.2. The van der Waals surface area contributed by atoms with Gasteiger partial charge >= 0.3 is 6.09 Å². The van der Waals surface area contributed by atoms with Crippen molar-refractivity contribution in [2.75, 3.05) is 26.2 Å². The number of piperazine rings is 1. The lowest BCUT2D eigenvalue weighted by atomic mass is 9.95. The number of benzene rings is 2. The summed E-state index contributed by atoms with van der Waals surface area (Å²) in [4.78, 5) is 42.9. The molecule has 0 bridgehead atoms. The number of aromatic nitrogens is 3. The molecule has 2 aromatic carbocycles. The highest BCUT2D eigenvalue weighted by Gasteiger charge is 2.42. The molecule has 1 aliphatic carbocycles. The van der Waals surface area contributed by atoms with Gasteiger partial charge in [-0.25, -0.2) is 14.2 Å². The number of carbonyl (C=O) groups excluding carboxylic acids is 2. The van der Waals surface area contributed by atoms with Crippen molar-refractivity contribution in [3.63, 3.8) is 0 Å². The number of nitrogens with zero attached hydrogens (tertiary/aromatic N) is 6. The fraction of sp³-hybridized carbons (Fsp3) is 0.389. The molecule has 11 heteroatoms. The number of pyridine rings is 1. The number of hydrogen-bond acceptors (Lipinski definition) is 6. The normalized spacial score (nSPS) is 17.9. The Hall–Kier alpha value is -4.28. The minimum Gasteiger partial charge on any atom is -0.447 e. The van der Waals surface area contributed by atoms with E-state index in [2.05, 4.69) is 22.0 Å². The predicted molar refractivity (Wildman–Crippen MR) is 177 cm³/mol. The number of imidazole rings is 1. The van der Waals surface area contributed by atoms with Crippen molar-refractivity contribution in [2.24, 2.45) is 0 Å². The molecule has 3 heterocycles. The van der Waals surface area contributed by atoms with Crippen molar-refractivity contribution in [3.05, 3.63) is 118 Å². The third-order valence-electron chi connectivity index (χ3n) is 8.88. The van der Waals surface area contributed by atoms with Crippen molar-refractivity contribution < 1.29 is 18.7 Å². The number of fused-ring (bicyclic) bond motifs is 2. The molecular formula is C36H40ClFN6O3. The molecule has 0 saturated carbocycles. The van der Waals surface area contributed by atoms with E-state index in [9.17, 15) is 14.0 Å². The van der Waals surface area contributed by atoms with E-state index in [0.29, 0.717) is 37.6 Å². The lowest BCUT2D eigenvalue weighted by molar-refractivity contribution is -0.140. The van der Waals surface area contributed by atoms with Gasteiger partial charge in [0.2, 0.25) is 5.91 Å². The third kappa shape index (κ3) is 7.66. The minimum absolute atomic E-state index is 0.184. The second-order valence-corrected chi connectivity index (χ2v) is 12.9. The molecule has 2 aromatic heterocycles. The van der Waals surface area contributed by atoms with Gasteiger partial charge in [-0.1, -0.05) is 35.9 Å². The Labute approximate surface area is 279 Å². The zero-order valence-electron chi connectivity index (χ0n) is 26.8. The van der Waals surface area contributed by atoms with E-state index in [1.54, 1.807) is 48.3 Å². The average molecular weight is 659 g/mol. The number of carbonyl (C=O) groups is 2. The Morgan fingerprint density at radius 3 is 2.64 bits per heavy atom. The van der Waals surface area contributed by atoms with Gasteiger partial charge in [0.05, 0.1) is 24.2 Å². The van der Waals surface area contributed by atoms with Crippen molar-refractivity contribution in [3.8, 4) is 0 Å². The first-order valence-electron chi connectivity index (χ1n) is 16.2. The van der Waals surface area contributed by atoms with Crippen molar-refractivity contribution in [1.29, 1.82) is 0 Å². The Morgan fingerprint density at radius 2 is 1.87 bits per heavy atom. The van der Waals surface area contributed by atoms with Crippen LogP contribution < -0.4 is 0 Å². The van der Waals surface area contributed by atoms with Gasteiger partial charge in [0.1, 0.15) is 11.9 Å². The maximum absolute atomic E-state index is 14.7. The van der Waals surface area contributed by atoms with Gasteiger partial charge in [-0.2, -0.15) is 0 Å². The Kier molecular flexibility index (Phi) is 10.2. The van der Waals surface area contributed by atoms with E-state index in [1.165, 1.54) is 12.1 Å². The minimum atomic E-state index is -0.810. The molecule has 6 rings (SSSR count). The van der Waals surface area contributed by atoms with Gasteiger partial charge in [0, 0.05) is 62.9 Å². The van der Waals surface area contributed by atoms with Crippen LogP contribution in [0.15, 0.2) is 79.5 Å². The van der Waals surface area contributed by atoms with Gasteiger partial charge in [0.15, 0.2) is 0 Å². The number of amides is 2. The van der Waals surface area contributed by atoms with Crippen LogP contribution in [-0.4, -0.2) is 79.6 Å². The molecular weight excluding hydrogens is 619 g/mol. The molecule has 0 N–H and O–H groups in total.